The fourth-order valence-corrected chi connectivity index (χ4v) is 4.46. The number of hydrogen-bond acceptors (Lipinski definition) is 5. The third-order valence-electron chi connectivity index (χ3n) is 4.23. The highest BCUT2D eigenvalue weighted by atomic mass is 32.2. The van der Waals surface area contributed by atoms with Gasteiger partial charge in [-0.1, -0.05) is 18.2 Å². The lowest BCUT2D eigenvalue weighted by atomic mass is 10.2. The molecule has 0 atom stereocenters. The number of nitrogens with zero attached hydrogens (tertiary/aromatic N) is 2. The molecule has 9 heteroatoms. The van der Waals surface area contributed by atoms with Gasteiger partial charge in [-0.25, -0.2) is 12.8 Å². The molecule has 7 nitrogen and oxygen atoms in total. The van der Waals surface area contributed by atoms with Gasteiger partial charge in [-0.15, -0.1) is 0 Å². The van der Waals surface area contributed by atoms with Crippen LogP contribution >= 0.6 is 0 Å². The molecule has 0 bridgehead atoms. The van der Waals surface area contributed by atoms with Crippen LogP contribution in [-0.4, -0.2) is 50.4 Å². The van der Waals surface area contributed by atoms with Crippen molar-refractivity contribution >= 4 is 32.4 Å². The molecular formula is C20H20FN3O4S. The molecule has 0 fully saturated rings. The van der Waals surface area contributed by atoms with Crippen LogP contribution in [0.5, 0.6) is 0 Å². The largest absolute Gasteiger partial charge is 0.383 e. The molecule has 3 rings (SSSR count). The van der Waals surface area contributed by atoms with Gasteiger partial charge in [-0.05, 0) is 30.3 Å². The van der Waals surface area contributed by atoms with Crippen LogP contribution in [0.25, 0.3) is 10.8 Å². The Kier molecular flexibility index (Phi) is 6.53. The van der Waals surface area contributed by atoms with Crippen LogP contribution in [0.1, 0.15) is 0 Å². The maximum atomic E-state index is 13.3. The Labute approximate surface area is 168 Å². The lowest BCUT2D eigenvalue weighted by Crippen LogP contribution is -2.40. The summed E-state index contributed by atoms with van der Waals surface area (Å²) in [5.74, 6) is -1.09. The van der Waals surface area contributed by atoms with Crippen LogP contribution in [-0.2, 0) is 19.6 Å². The van der Waals surface area contributed by atoms with Crippen molar-refractivity contribution in [1.29, 1.82) is 0 Å². The molecule has 0 aliphatic heterocycles. The van der Waals surface area contributed by atoms with E-state index in [0.29, 0.717) is 10.8 Å². The number of nitrogens with one attached hydrogen (secondary N) is 1. The number of rotatable bonds is 8. The standard InChI is InChI=1S/C20H20FN3O4S/c1-28-11-10-24(14-20(25)23-17-6-3-5-16(21)12-17)29(26,27)19-7-2-4-15-13-22-9-8-18(15)19/h2-9,12-13H,10-11,14H2,1H3,(H,23,25). The molecular weight excluding hydrogens is 397 g/mol. The van der Waals surface area contributed by atoms with Crippen molar-refractivity contribution in [1.82, 2.24) is 9.29 Å². The van der Waals surface area contributed by atoms with Crippen molar-refractivity contribution in [2.24, 2.45) is 0 Å². The van der Waals surface area contributed by atoms with E-state index < -0.39 is 28.3 Å². The van der Waals surface area contributed by atoms with E-state index >= 15 is 0 Å². The quantitative estimate of drug-likeness (QED) is 0.609. The van der Waals surface area contributed by atoms with Crippen molar-refractivity contribution in [2.75, 3.05) is 32.1 Å². The number of methoxy groups -OCH3 is 1. The number of ether oxygens (including phenoxy) is 1. The van der Waals surface area contributed by atoms with Crippen molar-refractivity contribution in [3.63, 3.8) is 0 Å². The highest BCUT2D eigenvalue weighted by Crippen LogP contribution is 2.25. The Morgan fingerprint density at radius 2 is 2.00 bits per heavy atom. The zero-order valence-electron chi connectivity index (χ0n) is 15.7. The third-order valence-corrected chi connectivity index (χ3v) is 6.14. The van der Waals surface area contributed by atoms with E-state index in [4.69, 9.17) is 4.74 Å². The number of carbonyl (C=O) groups excluding carboxylic acids is 1. The number of halogens is 1. The number of anilines is 1. The Bertz CT molecular complexity index is 1120. The van der Waals surface area contributed by atoms with Gasteiger partial charge in [-0.3, -0.25) is 9.78 Å². The van der Waals surface area contributed by atoms with E-state index in [1.54, 1.807) is 24.4 Å². The van der Waals surface area contributed by atoms with Gasteiger partial charge in [0.2, 0.25) is 15.9 Å². The van der Waals surface area contributed by atoms with Gasteiger partial charge in [0.25, 0.3) is 0 Å². The van der Waals surface area contributed by atoms with Crippen molar-refractivity contribution in [3.05, 3.63) is 66.7 Å². The van der Waals surface area contributed by atoms with Crippen LogP contribution in [0.4, 0.5) is 10.1 Å². The zero-order chi connectivity index (χ0) is 20.9. The first kappa shape index (κ1) is 20.8. The van der Waals surface area contributed by atoms with E-state index in [-0.39, 0.29) is 23.7 Å². The normalized spacial score (nSPS) is 11.7. The summed E-state index contributed by atoms with van der Waals surface area (Å²) in [5.41, 5.74) is 0.246. The predicted molar refractivity (Wildman–Crippen MR) is 107 cm³/mol. The second-order valence-electron chi connectivity index (χ2n) is 6.24. The smallest absolute Gasteiger partial charge is 0.244 e. The summed E-state index contributed by atoms with van der Waals surface area (Å²) in [4.78, 5) is 16.5. The topological polar surface area (TPSA) is 88.6 Å². The molecule has 0 spiro atoms. The van der Waals surface area contributed by atoms with E-state index in [1.165, 1.54) is 37.6 Å². The highest BCUT2D eigenvalue weighted by Gasteiger charge is 2.28. The fraction of sp³-hybridized carbons (Fsp3) is 0.200. The Hall–Kier alpha value is -2.88. The molecule has 0 radical (unpaired) electrons. The Balaban J connectivity index is 1.89. The van der Waals surface area contributed by atoms with E-state index in [0.717, 1.165) is 10.4 Å². The summed E-state index contributed by atoms with van der Waals surface area (Å²) < 4.78 is 46.0. The van der Waals surface area contributed by atoms with E-state index in [2.05, 4.69) is 10.3 Å². The van der Waals surface area contributed by atoms with Gasteiger partial charge < -0.3 is 10.1 Å². The Morgan fingerprint density at radius 1 is 1.21 bits per heavy atom. The van der Waals surface area contributed by atoms with Gasteiger partial charge in [0, 0.05) is 42.5 Å². The minimum atomic E-state index is -4.00. The van der Waals surface area contributed by atoms with Gasteiger partial charge in [0.1, 0.15) is 5.82 Å². The number of benzene rings is 2. The number of aromatic nitrogens is 1. The maximum absolute atomic E-state index is 13.3. The minimum absolute atomic E-state index is 0.0170. The Morgan fingerprint density at radius 3 is 2.76 bits per heavy atom. The van der Waals surface area contributed by atoms with E-state index in [1.807, 2.05) is 0 Å². The molecule has 0 saturated heterocycles. The maximum Gasteiger partial charge on any atom is 0.244 e. The number of amides is 1. The summed E-state index contributed by atoms with van der Waals surface area (Å²) >= 11 is 0. The molecule has 1 N–H and O–H groups in total. The van der Waals surface area contributed by atoms with Gasteiger partial charge in [0.05, 0.1) is 18.0 Å². The van der Waals surface area contributed by atoms with Crippen molar-refractivity contribution < 1.29 is 22.3 Å². The van der Waals surface area contributed by atoms with Crippen LogP contribution in [0.15, 0.2) is 65.8 Å². The summed E-state index contributed by atoms with van der Waals surface area (Å²) in [6.45, 7) is -0.348. The third kappa shape index (κ3) is 4.94. The predicted octanol–water partition coefficient (Wildman–Crippen LogP) is 2.65. The number of sulfonamides is 1. The molecule has 0 aliphatic rings. The minimum Gasteiger partial charge on any atom is -0.383 e. The van der Waals surface area contributed by atoms with Crippen LogP contribution < -0.4 is 5.32 Å². The number of hydrogen-bond donors (Lipinski definition) is 1. The highest BCUT2D eigenvalue weighted by molar-refractivity contribution is 7.89. The second kappa shape index (κ2) is 9.08. The van der Waals surface area contributed by atoms with Crippen molar-refractivity contribution in [3.8, 4) is 0 Å². The lowest BCUT2D eigenvalue weighted by molar-refractivity contribution is -0.116. The molecule has 1 aromatic heterocycles. The molecule has 0 aliphatic carbocycles. The van der Waals surface area contributed by atoms with Crippen molar-refractivity contribution in [2.45, 2.75) is 4.90 Å². The average Bonchev–Trinajstić information content (AvgIpc) is 2.70. The summed E-state index contributed by atoms with van der Waals surface area (Å²) in [6, 6.07) is 11.9. The first-order valence-electron chi connectivity index (χ1n) is 8.79. The van der Waals surface area contributed by atoms with Gasteiger partial charge >= 0.3 is 0 Å². The molecule has 0 saturated carbocycles. The van der Waals surface area contributed by atoms with Crippen LogP contribution in [0.3, 0.4) is 0 Å². The number of carbonyl (C=O) groups is 1. The molecule has 152 valence electrons. The molecule has 1 heterocycles. The molecule has 0 unspecified atom stereocenters. The fourth-order valence-electron chi connectivity index (χ4n) is 2.86. The monoisotopic (exact) mass is 417 g/mol. The SMILES string of the molecule is COCCN(CC(=O)Nc1cccc(F)c1)S(=O)(=O)c1cccc2cnccc12. The average molecular weight is 417 g/mol. The van der Waals surface area contributed by atoms with Crippen LogP contribution in [0, 0.1) is 5.82 Å². The van der Waals surface area contributed by atoms with E-state index in [9.17, 15) is 17.6 Å². The summed E-state index contributed by atoms with van der Waals surface area (Å²) in [5, 5.41) is 3.70. The zero-order valence-corrected chi connectivity index (χ0v) is 16.5. The second-order valence-corrected chi connectivity index (χ2v) is 8.15. The lowest BCUT2D eigenvalue weighted by Gasteiger charge is -2.22. The number of fused-ring (bicyclic) bond motifs is 1. The first-order valence-corrected chi connectivity index (χ1v) is 10.2. The first-order chi connectivity index (χ1) is 13.9. The molecule has 1 amide bonds. The molecule has 29 heavy (non-hydrogen) atoms. The summed E-state index contributed by atoms with van der Waals surface area (Å²) in [7, 11) is -2.56. The molecule has 3 aromatic rings. The summed E-state index contributed by atoms with van der Waals surface area (Å²) in [6.07, 6.45) is 3.09. The number of pyridine rings is 1. The molecule has 2 aromatic carbocycles. The van der Waals surface area contributed by atoms with Crippen LogP contribution in [0.2, 0.25) is 0 Å². The van der Waals surface area contributed by atoms with Gasteiger partial charge in [0.15, 0.2) is 0 Å². The van der Waals surface area contributed by atoms with Gasteiger partial charge in [-0.2, -0.15) is 4.31 Å².